The van der Waals surface area contributed by atoms with Crippen molar-refractivity contribution < 1.29 is 14.9 Å². The van der Waals surface area contributed by atoms with Gasteiger partial charge in [-0.1, -0.05) is 78.9 Å². The van der Waals surface area contributed by atoms with Crippen molar-refractivity contribution in [2.24, 2.45) is 0 Å². The molecule has 4 rings (SSSR count). The standard InChI is InChI=1S/C23H22O3/c24-15-23-21(25)14-22(26-23)20-12-10-19(11-13-20)18-8-6-17(7-9-18)16-4-2-1-3-5-16/h1-13,21-25H,14-15H2. The Hall–Kier alpha value is -2.46. The second-order valence-electron chi connectivity index (χ2n) is 6.71. The van der Waals surface area contributed by atoms with Gasteiger partial charge in [-0.25, -0.2) is 0 Å². The van der Waals surface area contributed by atoms with Crippen molar-refractivity contribution in [2.45, 2.75) is 24.7 Å². The first-order valence-electron chi connectivity index (χ1n) is 8.95. The Balaban J connectivity index is 1.50. The topological polar surface area (TPSA) is 49.7 Å². The Kier molecular flexibility index (Phi) is 4.85. The van der Waals surface area contributed by atoms with Crippen LogP contribution in [0.5, 0.6) is 0 Å². The molecule has 0 saturated carbocycles. The van der Waals surface area contributed by atoms with Crippen LogP contribution in [0.15, 0.2) is 78.9 Å². The molecule has 0 bridgehead atoms. The van der Waals surface area contributed by atoms with Gasteiger partial charge in [-0.15, -0.1) is 0 Å². The highest BCUT2D eigenvalue weighted by Crippen LogP contribution is 2.34. The van der Waals surface area contributed by atoms with Crippen LogP contribution in [-0.4, -0.2) is 29.0 Å². The van der Waals surface area contributed by atoms with E-state index in [-0.39, 0.29) is 12.7 Å². The maximum absolute atomic E-state index is 9.89. The predicted molar refractivity (Wildman–Crippen MR) is 103 cm³/mol. The molecule has 1 fully saturated rings. The molecule has 0 spiro atoms. The first kappa shape index (κ1) is 17.0. The summed E-state index contributed by atoms with van der Waals surface area (Å²) < 4.78 is 5.72. The largest absolute Gasteiger partial charge is 0.394 e. The molecule has 0 aromatic heterocycles. The highest BCUT2D eigenvalue weighted by Gasteiger charge is 2.34. The second kappa shape index (κ2) is 7.42. The Labute approximate surface area is 153 Å². The van der Waals surface area contributed by atoms with E-state index < -0.39 is 12.2 Å². The van der Waals surface area contributed by atoms with Crippen LogP contribution in [0, 0.1) is 0 Å². The molecule has 3 unspecified atom stereocenters. The summed E-state index contributed by atoms with van der Waals surface area (Å²) in [4.78, 5) is 0. The Morgan fingerprint density at radius 1 is 0.731 bits per heavy atom. The van der Waals surface area contributed by atoms with Gasteiger partial charge in [0.25, 0.3) is 0 Å². The number of aliphatic hydroxyl groups is 2. The van der Waals surface area contributed by atoms with Crippen LogP contribution in [0.25, 0.3) is 22.3 Å². The summed E-state index contributed by atoms with van der Waals surface area (Å²) in [5.41, 5.74) is 5.76. The van der Waals surface area contributed by atoms with E-state index in [1.54, 1.807) is 0 Å². The number of benzene rings is 3. The minimum atomic E-state index is -0.602. The van der Waals surface area contributed by atoms with Gasteiger partial charge in [0.2, 0.25) is 0 Å². The fourth-order valence-electron chi connectivity index (χ4n) is 3.48. The van der Waals surface area contributed by atoms with Gasteiger partial charge >= 0.3 is 0 Å². The maximum atomic E-state index is 9.89. The third-order valence-electron chi connectivity index (χ3n) is 5.01. The zero-order chi connectivity index (χ0) is 17.9. The van der Waals surface area contributed by atoms with Gasteiger partial charge in [0, 0.05) is 6.42 Å². The molecule has 1 saturated heterocycles. The molecule has 1 aliphatic heterocycles. The highest BCUT2D eigenvalue weighted by molar-refractivity contribution is 5.70. The zero-order valence-corrected chi connectivity index (χ0v) is 14.5. The van der Waals surface area contributed by atoms with Crippen molar-refractivity contribution in [1.82, 2.24) is 0 Å². The highest BCUT2D eigenvalue weighted by atomic mass is 16.5. The number of rotatable bonds is 4. The van der Waals surface area contributed by atoms with Crippen LogP contribution in [-0.2, 0) is 4.74 Å². The third kappa shape index (κ3) is 3.42. The molecule has 3 aromatic carbocycles. The molecule has 132 valence electrons. The zero-order valence-electron chi connectivity index (χ0n) is 14.5. The van der Waals surface area contributed by atoms with Crippen LogP contribution in [0.4, 0.5) is 0 Å². The molecular weight excluding hydrogens is 324 g/mol. The van der Waals surface area contributed by atoms with Gasteiger partial charge in [0.1, 0.15) is 6.10 Å². The van der Waals surface area contributed by atoms with Gasteiger partial charge < -0.3 is 14.9 Å². The van der Waals surface area contributed by atoms with E-state index in [9.17, 15) is 10.2 Å². The first-order chi connectivity index (χ1) is 12.7. The minimum absolute atomic E-state index is 0.149. The van der Waals surface area contributed by atoms with Gasteiger partial charge in [0.15, 0.2) is 0 Å². The van der Waals surface area contributed by atoms with E-state index >= 15 is 0 Å². The molecule has 0 radical (unpaired) electrons. The lowest BCUT2D eigenvalue weighted by molar-refractivity contribution is -0.0225. The lowest BCUT2D eigenvalue weighted by atomic mass is 9.98. The van der Waals surface area contributed by atoms with Gasteiger partial charge in [-0.3, -0.25) is 0 Å². The fourth-order valence-corrected chi connectivity index (χ4v) is 3.48. The maximum Gasteiger partial charge on any atom is 0.107 e. The summed E-state index contributed by atoms with van der Waals surface area (Å²) in [6.45, 7) is -0.149. The van der Waals surface area contributed by atoms with E-state index in [0.29, 0.717) is 6.42 Å². The minimum Gasteiger partial charge on any atom is -0.394 e. The molecule has 3 nitrogen and oxygen atoms in total. The first-order valence-corrected chi connectivity index (χ1v) is 8.95. The van der Waals surface area contributed by atoms with Gasteiger partial charge in [-0.05, 0) is 27.8 Å². The fraction of sp³-hybridized carbons (Fsp3) is 0.217. The van der Waals surface area contributed by atoms with Gasteiger partial charge in [-0.2, -0.15) is 0 Å². The number of hydrogen-bond acceptors (Lipinski definition) is 3. The average Bonchev–Trinajstić information content (AvgIpc) is 3.10. The van der Waals surface area contributed by atoms with E-state index in [0.717, 1.165) is 16.7 Å². The second-order valence-corrected chi connectivity index (χ2v) is 6.71. The lowest BCUT2D eigenvalue weighted by Gasteiger charge is -2.13. The van der Waals surface area contributed by atoms with Crippen molar-refractivity contribution in [3.05, 3.63) is 84.4 Å². The quantitative estimate of drug-likeness (QED) is 0.744. The van der Waals surface area contributed by atoms with E-state index in [1.165, 1.54) is 11.1 Å². The van der Waals surface area contributed by atoms with Crippen molar-refractivity contribution in [2.75, 3.05) is 6.61 Å². The van der Waals surface area contributed by atoms with Crippen molar-refractivity contribution in [1.29, 1.82) is 0 Å². The van der Waals surface area contributed by atoms with E-state index in [4.69, 9.17) is 4.74 Å². The normalized spacial score (nSPS) is 22.5. The Morgan fingerprint density at radius 2 is 1.23 bits per heavy atom. The van der Waals surface area contributed by atoms with Crippen LogP contribution in [0.2, 0.25) is 0 Å². The third-order valence-corrected chi connectivity index (χ3v) is 5.01. The average molecular weight is 346 g/mol. The molecule has 2 N–H and O–H groups in total. The summed E-state index contributed by atoms with van der Waals surface area (Å²) in [7, 11) is 0. The van der Waals surface area contributed by atoms with Crippen LogP contribution in [0.1, 0.15) is 18.1 Å². The monoisotopic (exact) mass is 346 g/mol. The SMILES string of the molecule is OCC1OC(c2ccc(-c3ccc(-c4ccccc4)cc3)cc2)CC1O. The number of ether oxygens (including phenoxy) is 1. The van der Waals surface area contributed by atoms with Crippen molar-refractivity contribution in [3.8, 4) is 22.3 Å². The number of aliphatic hydroxyl groups excluding tert-OH is 2. The smallest absolute Gasteiger partial charge is 0.107 e. The molecular formula is C23H22O3. The molecule has 3 aromatic rings. The van der Waals surface area contributed by atoms with E-state index in [2.05, 4.69) is 48.5 Å². The predicted octanol–water partition coefficient (Wildman–Crippen LogP) is 4.20. The van der Waals surface area contributed by atoms with Crippen LogP contribution in [0.3, 0.4) is 0 Å². The summed E-state index contributed by atoms with van der Waals surface area (Å²) in [6.07, 6.45) is -0.715. The molecule has 0 aliphatic carbocycles. The Morgan fingerprint density at radius 3 is 1.73 bits per heavy atom. The molecule has 3 heteroatoms. The molecule has 3 atom stereocenters. The summed E-state index contributed by atoms with van der Waals surface area (Å²) in [5.74, 6) is 0. The lowest BCUT2D eigenvalue weighted by Crippen LogP contribution is -2.24. The Bertz CT molecular complexity index is 841. The van der Waals surface area contributed by atoms with E-state index in [1.807, 2.05) is 30.3 Å². The van der Waals surface area contributed by atoms with Crippen molar-refractivity contribution >= 4 is 0 Å². The summed E-state index contributed by atoms with van der Waals surface area (Å²) in [5, 5.41) is 19.1. The molecule has 0 amide bonds. The summed E-state index contributed by atoms with van der Waals surface area (Å²) in [6, 6.07) is 27.1. The number of hydrogen-bond donors (Lipinski definition) is 2. The molecule has 1 heterocycles. The van der Waals surface area contributed by atoms with Crippen LogP contribution >= 0.6 is 0 Å². The molecule has 26 heavy (non-hydrogen) atoms. The summed E-state index contributed by atoms with van der Waals surface area (Å²) >= 11 is 0. The molecule has 1 aliphatic rings. The van der Waals surface area contributed by atoms with Crippen LogP contribution < -0.4 is 0 Å². The van der Waals surface area contributed by atoms with Gasteiger partial charge in [0.05, 0.1) is 18.8 Å². The van der Waals surface area contributed by atoms with Crippen molar-refractivity contribution in [3.63, 3.8) is 0 Å².